The molecule has 0 saturated carbocycles. The highest BCUT2D eigenvalue weighted by atomic mass is 32.2. The molecule has 24 heavy (non-hydrogen) atoms. The second kappa shape index (κ2) is 5.94. The van der Waals surface area contributed by atoms with Crippen LogP contribution in [0.5, 0.6) is 0 Å². The SMILES string of the molecule is Cc1cnc(CN2C(=O)CSC2c2cn(C)c3ccccc23)cn1. The number of rotatable bonds is 3. The fourth-order valence-electron chi connectivity index (χ4n) is 3.13. The van der Waals surface area contributed by atoms with Crippen LogP contribution in [0.4, 0.5) is 0 Å². The van der Waals surface area contributed by atoms with Gasteiger partial charge in [-0.05, 0) is 13.0 Å². The summed E-state index contributed by atoms with van der Waals surface area (Å²) < 4.78 is 2.12. The number of benzene rings is 1. The van der Waals surface area contributed by atoms with Gasteiger partial charge in [0.2, 0.25) is 5.91 Å². The Morgan fingerprint density at radius 3 is 2.88 bits per heavy atom. The average Bonchev–Trinajstić information content (AvgIpc) is 3.11. The van der Waals surface area contributed by atoms with E-state index in [1.165, 1.54) is 16.5 Å². The fraction of sp³-hybridized carbons (Fsp3) is 0.278. The van der Waals surface area contributed by atoms with E-state index in [0.29, 0.717) is 12.3 Å². The van der Waals surface area contributed by atoms with Gasteiger partial charge in [-0.15, -0.1) is 11.8 Å². The largest absolute Gasteiger partial charge is 0.350 e. The number of hydrogen-bond donors (Lipinski definition) is 0. The molecule has 0 spiro atoms. The summed E-state index contributed by atoms with van der Waals surface area (Å²) in [5.41, 5.74) is 4.07. The highest BCUT2D eigenvalue weighted by Gasteiger charge is 2.34. The molecular weight excluding hydrogens is 320 g/mol. The van der Waals surface area contributed by atoms with Crippen molar-refractivity contribution in [3.8, 4) is 0 Å². The van der Waals surface area contributed by atoms with Gasteiger partial charge in [0.05, 0.1) is 29.9 Å². The lowest BCUT2D eigenvalue weighted by Crippen LogP contribution is -2.28. The van der Waals surface area contributed by atoms with Crippen molar-refractivity contribution in [3.05, 3.63) is 59.8 Å². The summed E-state index contributed by atoms with van der Waals surface area (Å²) in [6.07, 6.45) is 5.64. The number of amides is 1. The van der Waals surface area contributed by atoms with Crippen molar-refractivity contribution >= 4 is 28.6 Å². The molecule has 5 nitrogen and oxygen atoms in total. The molecule has 2 aromatic heterocycles. The standard InChI is InChI=1S/C18H18N4OS/c1-12-7-20-13(8-19-12)9-22-17(23)11-24-18(22)15-10-21(2)16-6-4-3-5-14(15)16/h3-8,10,18H,9,11H2,1-2H3. The van der Waals surface area contributed by atoms with Crippen LogP contribution in [-0.2, 0) is 18.4 Å². The molecule has 0 bridgehead atoms. The molecule has 1 amide bonds. The average molecular weight is 338 g/mol. The molecule has 1 aliphatic heterocycles. The zero-order valence-corrected chi connectivity index (χ0v) is 14.5. The molecule has 1 saturated heterocycles. The van der Waals surface area contributed by atoms with Crippen molar-refractivity contribution in [3.63, 3.8) is 0 Å². The quantitative estimate of drug-likeness (QED) is 0.736. The molecule has 6 heteroatoms. The topological polar surface area (TPSA) is 51.0 Å². The third-order valence-electron chi connectivity index (χ3n) is 4.33. The predicted octanol–water partition coefficient (Wildman–Crippen LogP) is 3.05. The number of carbonyl (C=O) groups excluding carboxylic acids is 1. The van der Waals surface area contributed by atoms with Gasteiger partial charge in [-0.25, -0.2) is 0 Å². The molecule has 0 radical (unpaired) electrons. The Morgan fingerprint density at radius 2 is 2.08 bits per heavy atom. The Balaban J connectivity index is 1.70. The Morgan fingerprint density at radius 1 is 1.25 bits per heavy atom. The number of carbonyl (C=O) groups is 1. The first-order chi connectivity index (χ1) is 11.6. The van der Waals surface area contributed by atoms with E-state index in [1.807, 2.05) is 31.0 Å². The van der Waals surface area contributed by atoms with Gasteiger partial charge in [0.15, 0.2) is 0 Å². The second-order valence-corrected chi connectivity index (χ2v) is 7.12. The number of thioether (sulfide) groups is 1. The first-order valence-corrected chi connectivity index (χ1v) is 8.91. The van der Waals surface area contributed by atoms with Crippen LogP contribution < -0.4 is 0 Å². The van der Waals surface area contributed by atoms with Crippen LogP contribution in [0, 0.1) is 6.92 Å². The molecule has 0 aliphatic carbocycles. The van der Waals surface area contributed by atoms with Gasteiger partial charge in [-0.3, -0.25) is 14.8 Å². The van der Waals surface area contributed by atoms with Crippen LogP contribution in [0.3, 0.4) is 0 Å². The minimum absolute atomic E-state index is 0.0201. The van der Waals surface area contributed by atoms with Crippen LogP contribution in [0.1, 0.15) is 22.3 Å². The van der Waals surface area contributed by atoms with E-state index in [2.05, 4.69) is 32.9 Å². The normalized spacial score (nSPS) is 17.8. The summed E-state index contributed by atoms with van der Waals surface area (Å²) in [7, 11) is 2.04. The van der Waals surface area contributed by atoms with Crippen LogP contribution in [-0.4, -0.2) is 31.1 Å². The molecule has 1 unspecified atom stereocenters. The van der Waals surface area contributed by atoms with Gasteiger partial charge in [-0.2, -0.15) is 0 Å². The van der Waals surface area contributed by atoms with Gasteiger partial charge >= 0.3 is 0 Å². The van der Waals surface area contributed by atoms with E-state index >= 15 is 0 Å². The summed E-state index contributed by atoms with van der Waals surface area (Å²) in [6.45, 7) is 2.40. The summed E-state index contributed by atoms with van der Waals surface area (Å²) in [5, 5.41) is 1.22. The number of hydrogen-bond acceptors (Lipinski definition) is 4. The van der Waals surface area contributed by atoms with Gasteiger partial charge in [-0.1, -0.05) is 18.2 Å². The molecule has 1 fully saturated rings. The highest BCUT2D eigenvalue weighted by molar-refractivity contribution is 8.00. The summed E-state index contributed by atoms with van der Waals surface area (Å²) in [4.78, 5) is 23.0. The van der Waals surface area contributed by atoms with Crippen molar-refractivity contribution in [1.29, 1.82) is 0 Å². The van der Waals surface area contributed by atoms with Crippen molar-refractivity contribution in [1.82, 2.24) is 19.4 Å². The van der Waals surface area contributed by atoms with Gasteiger partial charge in [0.1, 0.15) is 5.37 Å². The summed E-state index contributed by atoms with van der Waals surface area (Å²) in [6, 6.07) is 8.32. The fourth-order valence-corrected chi connectivity index (χ4v) is 4.33. The number of para-hydroxylation sites is 1. The molecule has 0 N–H and O–H groups in total. The Bertz CT molecular complexity index is 903. The molecule has 1 atom stereocenters. The molecule has 122 valence electrons. The van der Waals surface area contributed by atoms with E-state index in [9.17, 15) is 4.79 Å². The van der Waals surface area contributed by atoms with E-state index < -0.39 is 0 Å². The highest BCUT2D eigenvalue weighted by Crippen LogP contribution is 2.42. The third-order valence-corrected chi connectivity index (χ3v) is 5.57. The van der Waals surface area contributed by atoms with E-state index in [4.69, 9.17) is 0 Å². The minimum atomic E-state index is 0.0201. The molecule has 1 aliphatic rings. The molecular formula is C18H18N4OS. The second-order valence-electron chi connectivity index (χ2n) is 6.05. The molecule has 1 aromatic carbocycles. The van der Waals surface area contributed by atoms with Gasteiger partial charge < -0.3 is 9.47 Å². The molecule has 3 heterocycles. The van der Waals surface area contributed by atoms with Crippen LogP contribution in [0.15, 0.2) is 42.9 Å². The van der Waals surface area contributed by atoms with Crippen molar-refractivity contribution in [2.75, 3.05) is 5.75 Å². The number of aromatic nitrogens is 3. The predicted molar refractivity (Wildman–Crippen MR) is 95.4 cm³/mol. The number of fused-ring (bicyclic) bond motifs is 1. The van der Waals surface area contributed by atoms with Crippen LogP contribution in [0.2, 0.25) is 0 Å². The zero-order chi connectivity index (χ0) is 16.7. The maximum Gasteiger partial charge on any atom is 0.234 e. The van der Waals surface area contributed by atoms with Gasteiger partial charge in [0, 0.05) is 35.9 Å². The number of nitrogens with zero attached hydrogens (tertiary/aromatic N) is 4. The zero-order valence-electron chi connectivity index (χ0n) is 13.6. The van der Waals surface area contributed by atoms with Gasteiger partial charge in [0.25, 0.3) is 0 Å². The lowest BCUT2D eigenvalue weighted by Gasteiger charge is -2.23. The summed E-state index contributed by atoms with van der Waals surface area (Å²) in [5.74, 6) is 0.660. The van der Waals surface area contributed by atoms with Crippen LogP contribution in [0.25, 0.3) is 10.9 Å². The number of aryl methyl sites for hydroxylation is 2. The Hall–Kier alpha value is -2.34. The monoisotopic (exact) mass is 338 g/mol. The minimum Gasteiger partial charge on any atom is -0.350 e. The van der Waals surface area contributed by atoms with E-state index in [1.54, 1.807) is 24.2 Å². The van der Waals surface area contributed by atoms with Crippen LogP contribution >= 0.6 is 11.8 Å². The first kappa shape index (κ1) is 15.2. The first-order valence-electron chi connectivity index (χ1n) is 7.86. The van der Waals surface area contributed by atoms with Crippen molar-refractivity contribution in [2.45, 2.75) is 18.8 Å². The maximum atomic E-state index is 12.4. The Labute approximate surface area is 144 Å². The molecule has 3 aromatic rings. The van der Waals surface area contributed by atoms with Crippen molar-refractivity contribution < 1.29 is 4.79 Å². The lowest BCUT2D eigenvalue weighted by molar-refractivity contribution is -0.128. The van der Waals surface area contributed by atoms with E-state index in [0.717, 1.165) is 11.4 Å². The Kier molecular flexibility index (Phi) is 3.76. The van der Waals surface area contributed by atoms with E-state index in [-0.39, 0.29) is 11.3 Å². The third kappa shape index (κ3) is 2.57. The lowest BCUT2D eigenvalue weighted by atomic mass is 10.1. The molecule has 4 rings (SSSR count). The summed E-state index contributed by atoms with van der Waals surface area (Å²) >= 11 is 1.68. The smallest absolute Gasteiger partial charge is 0.234 e. The van der Waals surface area contributed by atoms with Crippen molar-refractivity contribution in [2.24, 2.45) is 7.05 Å². The maximum absolute atomic E-state index is 12.4.